The molecule has 152 valence electrons. The highest BCUT2D eigenvalue weighted by molar-refractivity contribution is 7.91. The number of fused-ring (bicyclic) bond motifs is 1. The summed E-state index contributed by atoms with van der Waals surface area (Å²) in [6, 6.07) is 4.86. The standard InChI is InChI=1S/C18H20F2N2O5S/c19-18(20)28(26,27)14-8-4-3-7-13(14)21-15(23)9-10-22-16(24)11-5-1-2-6-12(11)17(22)25/h3-4,7-8,11-12,18H,1-2,5-6,9-10H2,(H,21,23)/t11-,12-/m0/s1. The molecular formula is C18H20F2N2O5S. The lowest BCUT2D eigenvalue weighted by Gasteiger charge is -2.19. The van der Waals surface area contributed by atoms with Gasteiger partial charge in [-0.2, -0.15) is 8.78 Å². The van der Waals surface area contributed by atoms with Crippen molar-refractivity contribution in [2.75, 3.05) is 11.9 Å². The topological polar surface area (TPSA) is 101 Å². The van der Waals surface area contributed by atoms with Gasteiger partial charge in [0, 0.05) is 13.0 Å². The Bertz CT molecular complexity index is 879. The molecule has 1 aromatic carbocycles. The van der Waals surface area contributed by atoms with E-state index in [2.05, 4.69) is 5.32 Å². The molecule has 1 aliphatic heterocycles. The van der Waals surface area contributed by atoms with Crippen molar-refractivity contribution >= 4 is 33.2 Å². The van der Waals surface area contributed by atoms with Gasteiger partial charge in [0.1, 0.15) is 0 Å². The van der Waals surface area contributed by atoms with Crippen molar-refractivity contribution in [1.82, 2.24) is 4.90 Å². The number of para-hydroxylation sites is 1. The Morgan fingerprint density at radius 1 is 1.11 bits per heavy atom. The monoisotopic (exact) mass is 414 g/mol. The van der Waals surface area contributed by atoms with Gasteiger partial charge in [-0.1, -0.05) is 25.0 Å². The molecule has 28 heavy (non-hydrogen) atoms. The van der Waals surface area contributed by atoms with Gasteiger partial charge in [-0.15, -0.1) is 0 Å². The molecule has 10 heteroatoms. The molecular weight excluding hydrogens is 394 g/mol. The van der Waals surface area contributed by atoms with E-state index in [9.17, 15) is 31.6 Å². The van der Waals surface area contributed by atoms with Crippen molar-refractivity contribution < 1.29 is 31.6 Å². The predicted molar refractivity (Wildman–Crippen MR) is 95.0 cm³/mol. The van der Waals surface area contributed by atoms with Crippen LogP contribution in [0, 0.1) is 11.8 Å². The Morgan fingerprint density at radius 2 is 1.68 bits per heavy atom. The Kier molecular flexibility index (Phi) is 5.78. The van der Waals surface area contributed by atoms with Crippen molar-refractivity contribution in [3.05, 3.63) is 24.3 Å². The van der Waals surface area contributed by atoms with Gasteiger partial charge in [-0.3, -0.25) is 19.3 Å². The fourth-order valence-corrected chi connectivity index (χ4v) is 4.68. The third-order valence-electron chi connectivity index (χ3n) is 5.20. The lowest BCUT2D eigenvalue weighted by Crippen LogP contribution is -2.34. The Hall–Kier alpha value is -2.36. The van der Waals surface area contributed by atoms with E-state index < -0.39 is 26.4 Å². The first-order chi connectivity index (χ1) is 13.2. The van der Waals surface area contributed by atoms with Crippen molar-refractivity contribution in [3.63, 3.8) is 0 Å². The number of carbonyl (C=O) groups is 3. The van der Waals surface area contributed by atoms with Crippen LogP contribution in [0.1, 0.15) is 32.1 Å². The largest absolute Gasteiger partial charge is 0.341 e. The second-order valence-electron chi connectivity index (χ2n) is 6.93. The zero-order valence-corrected chi connectivity index (χ0v) is 15.8. The van der Waals surface area contributed by atoms with Crippen LogP contribution in [0.2, 0.25) is 0 Å². The van der Waals surface area contributed by atoms with Gasteiger partial charge in [0.2, 0.25) is 27.6 Å². The fourth-order valence-electron chi connectivity index (χ4n) is 3.79. The molecule has 3 amide bonds. The van der Waals surface area contributed by atoms with Crippen LogP contribution in [0.25, 0.3) is 0 Å². The molecule has 0 aromatic heterocycles. The lowest BCUT2D eigenvalue weighted by molar-refractivity contribution is -0.140. The third-order valence-corrected chi connectivity index (χ3v) is 6.64. The number of anilines is 1. The summed E-state index contributed by atoms with van der Waals surface area (Å²) >= 11 is 0. The van der Waals surface area contributed by atoms with Crippen LogP contribution in [0.5, 0.6) is 0 Å². The van der Waals surface area contributed by atoms with E-state index in [1.165, 1.54) is 18.2 Å². The van der Waals surface area contributed by atoms with Gasteiger partial charge in [0.15, 0.2) is 0 Å². The van der Waals surface area contributed by atoms with Gasteiger partial charge < -0.3 is 5.32 Å². The number of nitrogens with zero attached hydrogens (tertiary/aromatic N) is 1. The Morgan fingerprint density at radius 3 is 2.25 bits per heavy atom. The number of amides is 3. The van der Waals surface area contributed by atoms with Crippen molar-refractivity contribution in [1.29, 1.82) is 0 Å². The number of benzene rings is 1. The molecule has 1 heterocycles. The van der Waals surface area contributed by atoms with Gasteiger partial charge in [0.05, 0.1) is 22.4 Å². The molecule has 0 bridgehead atoms. The minimum absolute atomic E-state index is 0.125. The van der Waals surface area contributed by atoms with Crippen LogP contribution >= 0.6 is 0 Å². The number of nitrogens with one attached hydrogen (secondary N) is 1. The van der Waals surface area contributed by atoms with Crippen LogP contribution in [-0.4, -0.2) is 43.3 Å². The highest BCUT2D eigenvalue weighted by Gasteiger charge is 2.47. The number of alkyl halides is 2. The molecule has 1 aromatic rings. The molecule has 2 atom stereocenters. The summed E-state index contributed by atoms with van der Waals surface area (Å²) in [7, 11) is -4.88. The molecule has 2 aliphatic rings. The Labute approximate surface area is 161 Å². The Balaban J connectivity index is 1.66. The summed E-state index contributed by atoms with van der Waals surface area (Å²) in [5.41, 5.74) is -0.263. The van der Waals surface area contributed by atoms with Crippen LogP contribution in [-0.2, 0) is 24.2 Å². The number of likely N-dealkylation sites (tertiary alicyclic amines) is 1. The average Bonchev–Trinajstić information content (AvgIpc) is 2.91. The molecule has 1 N–H and O–H groups in total. The first kappa shape index (κ1) is 20.4. The molecule has 0 radical (unpaired) electrons. The van der Waals surface area contributed by atoms with E-state index in [4.69, 9.17) is 0 Å². The first-order valence-corrected chi connectivity index (χ1v) is 10.5. The van der Waals surface area contributed by atoms with E-state index in [1.807, 2.05) is 0 Å². The van der Waals surface area contributed by atoms with E-state index in [-0.39, 0.29) is 42.3 Å². The summed E-state index contributed by atoms with van der Waals surface area (Å²) in [6.07, 6.45) is 2.86. The first-order valence-electron chi connectivity index (χ1n) is 8.99. The van der Waals surface area contributed by atoms with Crippen LogP contribution in [0.4, 0.5) is 14.5 Å². The van der Waals surface area contributed by atoms with Crippen LogP contribution < -0.4 is 5.32 Å². The minimum atomic E-state index is -4.88. The highest BCUT2D eigenvalue weighted by Crippen LogP contribution is 2.38. The van der Waals surface area contributed by atoms with E-state index >= 15 is 0 Å². The van der Waals surface area contributed by atoms with Gasteiger partial charge in [-0.05, 0) is 25.0 Å². The van der Waals surface area contributed by atoms with E-state index in [1.54, 1.807) is 0 Å². The summed E-state index contributed by atoms with van der Waals surface area (Å²) < 4.78 is 49.1. The minimum Gasteiger partial charge on any atom is -0.325 e. The molecule has 1 saturated carbocycles. The second-order valence-corrected chi connectivity index (χ2v) is 8.81. The number of hydrogen-bond donors (Lipinski definition) is 1. The van der Waals surface area contributed by atoms with Gasteiger partial charge >= 0.3 is 5.76 Å². The quantitative estimate of drug-likeness (QED) is 0.719. The second kappa shape index (κ2) is 7.94. The van der Waals surface area contributed by atoms with Crippen LogP contribution in [0.15, 0.2) is 29.2 Å². The number of hydrogen-bond acceptors (Lipinski definition) is 5. The maximum Gasteiger partial charge on any atom is 0.341 e. The fraction of sp³-hybridized carbons (Fsp3) is 0.500. The number of sulfone groups is 1. The molecule has 0 unspecified atom stereocenters. The predicted octanol–water partition coefficient (Wildman–Crippen LogP) is 2.19. The average molecular weight is 414 g/mol. The van der Waals surface area contributed by atoms with Crippen molar-refractivity contribution in [2.45, 2.75) is 42.8 Å². The summed E-state index contributed by atoms with van der Waals surface area (Å²) in [4.78, 5) is 37.4. The molecule has 1 aliphatic carbocycles. The van der Waals surface area contributed by atoms with Crippen molar-refractivity contribution in [2.24, 2.45) is 11.8 Å². The van der Waals surface area contributed by atoms with E-state index in [0.717, 1.165) is 23.8 Å². The van der Waals surface area contributed by atoms with E-state index in [0.29, 0.717) is 12.8 Å². The van der Waals surface area contributed by atoms with Gasteiger partial charge in [-0.25, -0.2) is 8.42 Å². The summed E-state index contributed by atoms with van der Waals surface area (Å²) in [6.45, 7) is -0.125. The zero-order chi connectivity index (χ0) is 20.5. The highest BCUT2D eigenvalue weighted by atomic mass is 32.2. The number of rotatable bonds is 6. The van der Waals surface area contributed by atoms with Crippen LogP contribution in [0.3, 0.4) is 0 Å². The molecule has 2 fully saturated rings. The SMILES string of the molecule is O=C(CCN1C(=O)[C@H]2CCCC[C@@H]2C1=O)Nc1ccccc1S(=O)(=O)C(F)F. The zero-order valence-electron chi connectivity index (χ0n) is 14.9. The third kappa shape index (κ3) is 3.78. The molecule has 3 rings (SSSR count). The summed E-state index contributed by atoms with van der Waals surface area (Å²) in [5, 5.41) is 2.29. The number of imide groups is 1. The smallest absolute Gasteiger partial charge is 0.325 e. The van der Waals surface area contributed by atoms with Gasteiger partial charge in [0.25, 0.3) is 0 Å². The van der Waals surface area contributed by atoms with Crippen molar-refractivity contribution in [3.8, 4) is 0 Å². The maximum atomic E-state index is 12.8. The number of halogens is 2. The molecule has 7 nitrogen and oxygen atoms in total. The lowest BCUT2D eigenvalue weighted by atomic mass is 9.81. The normalized spacial score (nSPS) is 22.5. The molecule has 0 spiro atoms. The summed E-state index contributed by atoms with van der Waals surface area (Å²) in [5.74, 6) is -5.48. The maximum absolute atomic E-state index is 12.8. The molecule has 1 saturated heterocycles. The number of carbonyl (C=O) groups excluding carboxylic acids is 3.